The van der Waals surface area contributed by atoms with Gasteiger partial charge in [0.05, 0.1) is 5.69 Å². The molecule has 0 saturated carbocycles. The number of amides is 1. The van der Waals surface area contributed by atoms with Crippen LogP contribution in [0, 0.1) is 6.92 Å². The topological polar surface area (TPSA) is 61.4 Å². The van der Waals surface area contributed by atoms with Gasteiger partial charge in [-0.1, -0.05) is 35.3 Å². The van der Waals surface area contributed by atoms with Gasteiger partial charge in [0.1, 0.15) is 5.75 Å². The first-order chi connectivity index (χ1) is 11.3. The highest BCUT2D eigenvalue weighted by Gasteiger charge is 2.06. The number of aromatic hydroxyl groups is 1. The second-order valence-electron chi connectivity index (χ2n) is 4.96. The molecule has 0 fully saturated rings. The number of hydrogen-bond donors (Lipinski definition) is 3. The fourth-order valence-corrected chi connectivity index (χ4v) is 2.54. The van der Waals surface area contributed by atoms with Gasteiger partial charge in [-0.3, -0.25) is 10.1 Å². The van der Waals surface area contributed by atoms with Crippen molar-refractivity contribution in [3.05, 3.63) is 63.6 Å². The van der Waals surface area contributed by atoms with Crippen molar-refractivity contribution in [2.45, 2.75) is 6.92 Å². The number of phenols is 1. The molecule has 0 heterocycles. The first-order valence-electron chi connectivity index (χ1n) is 6.90. The molecule has 2 rings (SSSR count). The van der Waals surface area contributed by atoms with E-state index in [2.05, 4.69) is 10.6 Å². The molecule has 0 unspecified atom stereocenters. The van der Waals surface area contributed by atoms with Gasteiger partial charge in [-0.05, 0) is 60.6 Å². The Morgan fingerprint density at radius 1 is 1.21 bits per heavy atom. The Morgan fingerprint density at radius 3 is 2.62 bits per heavy atom. The summed E-state index contributed by atoms with van der Waals surface area (Å²) in [5.74, 6) is -0.375. The molecule has 0 bridgehead atoms. The van der Waals surface area contributed by atoms with E-state index >= 15 is 0 Å². The Labute approximate surface area is 155 Å². The van der Waals surface area contributed by atoms with E-state index in [4.69, 9.17) is 35.4 Å². The molecule has 3 N–H and O–H groups in total. The molecule has 0 aliphatic carbocycles. The normalized spacial score (nSPS) is 10.6. The van der Waals surface area contributed by atoms with E-state index in [-0.39, 0.29) is 10.9 Å². The van der Waals surface area contributed by atoms with Crippen LogP contribution in [0.3, 0.4) is 0 Å². The predicted molar refractivity (Wildman–Crippen MR) is 103 cm³/mol. The van der Waals surface area contributed by atoms with Crippen LogP contribution in [0.25, 0.3) is 6.08 Å². The second kappa shape index (κ2) is 8.15. The molecule has 7 heteroatoms. The molecule has 24 heavy (non-hydrogen) atoms. The largest absolute Gasteiger partial charge is 0.506 e. The Bertz CT molecular complexity index is 822. The van der Waals surface area contributed by atoms with Gasteiger partial charge in [0, 0.05) is 16.1 Å². The van der Waals surface area contributed by atoms with Gasteiger partial charge in [-0.25, -0.2) is 0 Å². The number of thiocarbonyl (C=S) groups is 1. The lowest BCUT2D eigenvalue weighted by Gasteiger charge is -2.10. The van der Waals surface area contributed by atoms with E-state index in [1.54, 1.807) is 36.4 Å². The number of halogens is 2. The highest BCUT2D eigenvalue weighted by Crippen LogP contribution is 2.24. The zero-order valence-corrected chi connectivity index (χ0v) is 15.0. The second-order valence-corrected chi connectivity index (χ2v) is 6.22. The zero-order chi connectivity index (χ0) is 17.7. The summed E-state index contributed by atoms with van der Waals surface area (Å²) in [5.41, 5.74) is 1.98. The molecule has 0 aromatic heterocycles. The summed E-state index contributed by atoms with van der Waals surface area (Å²) >= 11 is 16.9. The van der Waals surface area contributed by atoms with Crippen molar-refractivity contribution < 1.29 is 9.90 Å². The van der Waals surface area contributed by atoms with E-state index in [9.17, 15) is 9.90 Å². The Balaban J connectivity index is 1.96. The number of anilines is 1. The summed E-state index contributed by atoms with van der Waals surface area (Å²) < 4.78 is 0. The lowest BCUT2D eigenvalue weighted by molar-refractivity contribution is -0.115. The maximum Gasteiger partial charge on any atom is 0.250 e. The molecule has 124 valence electrons. The molecule has 0 aliphatic heterocycles. The van der Waals surface area contributed by atoms with Crippen LogP contribution in [-0.4, -0.2) is 16.1 Å². The molecule has 0 spiro atoms. The summed E-state index contributed by atoms with van der Waals surface area (Å²) in [7, 11) is 0. The number of benzene rings is 2. The van der Waals surface area contributed by atoms with Crippen molar-refractivity contribution in [3.63, 3.8) is 0 Å². The van der Waals surface area contributed by atoms with Gasteiger partial charge in [0.15, 0.2) is 5.11 Å². The van der Waals surface area contributed by atoms with Crippen LogP contribution in [0.4, 0.5) is 5.69 Å². The maximum absolute atomic E-state index is 11.9. The minimum atomic E-state index is -0.426. The molecule has 2 aromatic carbocycles. The number of carbonyl (C=O) groups is 1. The van der Waals surface area contributed by atoms with E-state index in [1.165, 1.54) is 6.08 Å². The number of carbonyl (C=O) groups excluding carboxylic acids is 1. The van der Waals surface area contributed by atoms with Crippen LogP contribution in [0.1, 0.15) is 11.1 Å². The molecule has 1 amide bonds. The number of rotatable bonds is 3. The van der Waals surface area contributed by atoms with Crippen molar-refractivity contribution in [3.8, 4) is 5.75 Å². The summed E-state index contributed by atoms with van der Waals surface area (Å²) in [5, 5.41) is 16.1. The average Bonchev–Trinajstić information content (AvgIpc) is 2.49. The van der Waals surface area contributed by atoms with Crippen molar-refractivity contribution in [1.82, 2.24) is 5.32 Å². The third-order valence-electron chi connectivity index (χ3n) is 3.01. The van der Waals surface area contributed by atoms with Crippen LogP contribution in [0.15, 0.2) is 42.5 Å². The van der Waals surface area contributed by atoms with Gasteiger partial charge in [-0.15, -0.1) is 0 Å². The van der Waals surface area contributed by atoms with Crippen molar-refractivity contribution >= 4 is 58.2 Å². The lowest BCUT2D eigenvalue weighted by atomic mass is 10.2. The number of aryl methyl sites for hydroxylation is 1. The van der Waals surface area contributed by atoms with Gasteiger partial charge in [0.2, 0.25) is 5.91 Å². The third-order valence-corrected chi connectivity index (χ3v) is 3.78. The van der Waals surface area contributed by atoms with Crippen LogP contribution < -0.4 is 10.6 Å². The number of phenolic OH excluding ortho intramolecular Hbond substituents is 1. The van der Waals surface area contributed by atoms with E-state index in [1.807, 2.05) is 13.0 Å². The monoisotopic (exact) mass is 380 g/mol. The standard InChI is InChI=1S/C17H14Cl2N2O2S/c1-10-2-6-14(15(22)8-10)20-17(24)21-16(23)7-4-11-3-5-12(18)9-13(11)19/h2-9,22H,1H3,(H2,20,21,23,24). The first-order valence-corrected chi connectivity index (χ1v) is 8.06. The first kappa shape index (κ1) is 18.3. The molecule has 2 aromatic rings. The lowest BCUT2D eigenvalue weighted by Crippen LogP contribution is -2.32. The average molecular weight is 381 g/mol. The smallest absolute Gasteiger partial charge is 0.250 e. The molecule has 0 radical (unpaired) electrons. The summed E-state index contributed by atoms with van der Waals surface area (Å²) in [6.07, 6.45) is 2.86. The summed E-state index contributed by atoms with van der Waals surface area (Å²) in [6, 6.07) is 10.1. The number of hydrogen-bond acceptors (Lipinski definition) is 3. The van der Waals surface area contributed by atoms with Gasteiger partial charge >= 0.3 is 0 Å². The SMILES string of the molecule is Cc1ccc(NC(=S)NC(=O)C=Cc2ccc(Cl)cc2Cl)c(O)c1. The maximum atomic E-state index is 11.9. The van der Waals surface area contributed by atoms with Crippen molar-refractivity contribution in [2.24, 2.45) is 0 Å². The quantitative estimate of drug-likeness (QED) is 0.415. The van der Waals surface area contributed by atoms with Gasteiger partial charge < -0.3 is 10.4 Å². The predicted octanol–water partition coefficient (Wildman–Crippen LogP) is 4.53. The minimum absolute atomic E-state index is 0.0510. The van der Waals surface area contributed by atoms with Crippen molar-refractivity contribution in [1.29, 1.82) is 0 Å². The van der Waals surface area contributed by atoms with Gasteiger partial charge in [-0.2, -0.15) is 0 Å². The van der Waals surface area contributed by atoms with Crippen LogP contribution in [0.2, 0.25) is 10.0 Å². The molecular formula is C17H14Cl2N2O2S. The third kappa shape index (κ3) is 5.23. The minimum Gasteiger partial charge on any atom is -0.506 e. The van der Waals surface area contributed by atoms with Crippen molar-refractivity contribution in [2.75, 3.05) is 5.32 Å². The Morgan fingerprint density at radius 2 is 1.96 bits per heavy atom. The molecular weight excluding hydrogens is 367 g/mol. The van der Waals surface area contributed by atoms with Crippen LogP contribution in [-0.2, 0) is 4.79 Å². The summed E-state index contributed by atoms with van der Waals surface area (Å²) in [4.78, 5) is 11.9. The fraction of sp³-hybridized carbons (Fsp3) is 0.0588. The fourth-order valence-electron chi connectivity index (χ4n) is 1.86. The molecule has 0 saturated heterocycles. The Hall–Kier alpha value is -2.08. The number of nitrogens with one attached hydrogen (secondary N) is 2. The Kier molecular flexibility index (Phi) is 6.20. The highest BCUT2D eigenvalue weighted by atomic mass is 35.5. The molecule has 0 atom stereocenters. The van der Waals surface area contributed by atoms with Gasteiger partial charge in [0.25, 0.3) is 0 Å². The molecule has 0 aliphatic rings. The zero-order valence-electron chi connectivity index (χ0n) is 12.6. The summed E-state index contributed by atoms with van der Waals surface area (Å²) in [6.45, 7) is 1.86. The van der Waals surface area contributed by atoms with E-state index in [0.29, 0.717) is 21.3 Å². The van der Waals surface area contributed by atoms with Crippen LogP contribution >= 0.6 is 35.4 Å². The molecule has 4 nitrogen and oxygen atoms in total. The highest BCUT2D eigenvalue weighted by molar-refractivity contribution is 7.80. The van der Waals surface area contributed by atoms with Crippen LogP contribution in [0.5, 0.6) is 5.75 Å². The van der Waals surface area contributed by atoms with E-state index < -0.39 is 5.91 Å². The van der Waals surface area contributed by atoms with E-state index in [0.717, 1.165) is 5.56 Å².